The molecule has 3 heterocycles. The maximum absolute atomic E-state index is 16.1. The standard InChI is InChI=1S/C24H30F3N6O7P/c1-13(2)38-19(34)14(3)32-41(36,40-15-9-7-6-8-10-15)37-11-24(27)20(35)23(4,26)21(39-24)33-12-29-16-17(28-5)30-22(25)31-18(16)33/h6-10,12-14,20-21,35H,11H2,1-5H3,(H,32,36)(H,28,30,31)/t14-,20-,21+,23+,24+,41-/m0/s1. The number of para-hydroxylation sites is 1. The van der Waals surface area contributed by atoms with Gasteiger partial charge in [-0.05, 0) is 39.8 Å². The molecular formula is C24H30F3N6O7P. The number of alkyl halides is 2. The van der Waals surface area contributed by atoms with Crippen molar-refractivity contribution in [1.29, 1.82) is 0 Å². The van der Waals surface area contributed by atoms with Crippen molar-refractivity contribution >= 4 is 30.7 Å². The zero-order chi connectivity index (χ0) is 30.2. The summed E-state index contributed by atoms with van der Waals surface area (Å²) in [5.74, 6) is -4.09. The van der Waals surface area contributed by atoms with Crippen LogP contribution in [0.25, 0.3) is 11.2 Å². The number of rotatable bonds is 11. The van der Waals surface area contributed by atoms with Gasteiger partial charge in [0.25, 0.3) is 5.85 Å². The van der Waals surface area contributed by atoms with Gasteiger partial charge in [-0.25, -0.2) is 18.3 Å². The number of esters is 1. The number of carbonyl (C=O) groups is 1. The van der Waals surface area contributed by atoms with E-state index < -0.39 is 62.4 Å². The van der Waals surface area contributed by atoms with Crippen LogP contribution in [-0.4, -0.2) is 74.0 Å². The molecule has 3 aromatic rings. The van der Waals surface area contributed by atoms with E-state index in [1.807, 2.05) is 0 Å². The van der Waals surface area contributed by atoms with E-state index in [1.54, 1.807) is 32.0 Å². The van der Waals surface area contributed by atoms with E-state index in [1.165, 1.54) is 26.1 Å². The largest absolute Gasteiger partial charge is 0.462 e. The first-order chi connectivity index (χ1) is 19.2. The highest BCUT2D eigenvalue weighted by atomic mass is 31.2. The summed E-state index contributed by atoms with van der Waals surface area (Å²) in [6.45, 7) is 4.08. The molecule has 41 heavy (non-hydrogen) atoms. The van der Waals surface area contributed by atoms with Crippen LogP contribution in [0.3, 0.4) is 0 Å². The Kier molecular flexibility index (Phi) is 8.62. The van der Waals surface area contributed by atoms with Crippen LogP contribution in [0.2, 0.25) is 0 Å². The fourth-order valence-corrected chi connectivity index (χ4v) is 5.61. The van der Waals surface area contributed by atoms with Crippen molar-refractivity contribution in [1.82, 2.24) is 24.6 Å². The van der Waals surface area contributed by atoms with E-state index in [4.69, 9.17) is 18.5 Å². The van der Waals surface area contributed by atoms with Gasteiger partial charge in [0.1, 0.15) is 18.4 Å². The first-order valence-corrected chi connectivity index (χ1v) is 14.0. The highest BCUT2D eigenvalue weighted by Crippen LogP contribution is 2.52. The number of nitrogens with one attached hydrogen (secondary N) is 2. The van der Waals surface area contributed by atoms with Gasteiger partial charge in [-0.2, -0.15) is 19.4 Å². The number of hydrogen-bond donors (Lipinski definition) is 3. The highest BCUT2D eigenvalue weighted by molar-refractivity contribution is 7.52. The molecule has 1 fully saturated rings. The lowest BCUT2D eigenvalue weighted by atomic mass is 9.97. The zero-order valence-electron chi connectivity index (χ0n) is 22.7. The number of fused-ring (bicyclic) bond motifs is 1. The van der Waals surface area contributed by atoms with Gasteiger partial charge in [0, 0.05) is 7.05 Å². The number of aromatic nitrogens is 4. The second kappa shape index (κ2) is 11.5. The summed E-state index contributed by atoms with van der Waals surface area (Å²) in [4.78, 5) is 23.5. The van der Waals surface area contributed by atoms with Crippen molar-refractivity contribution in [3.63, 3.8) is 0 Å². The van der Waals surface area contributed by atoms with E-state index in [-0.39, 0.29) is 22.7 Å². The van der Waals surface area contributed by atoms with Crippen molar-refractivity contribution in [3.05, 3.63) is 42.7 Å². The van der Waals surface area contributed by atoms with Crippen molar-refractivity contribution in [2.45, 2.75) is 63.7 Å². The molecule has 1 saturated heterocycles. The van der Waals surface area contributed by atoms with Crippen LogP contribution in [0.5, 0.6) is 5.75 Å². The third-order valence-corrected chi connectivity index (χ3v) is 7.70. The summed E-state index contributed by atoms with van der Waals surface area (Å²) in [5.41, 5.74) is -3.06. The molecule has 0 amide bonds. The third-order valence-electron chi connectivity index (χ3n) is 6.07. The topological polar surface area (TPSA) is 159 Å². The summed E-state index contributed by atoms with van der Waals surface area (Å²) in [6.07, 6.45) is -5.06. The van der Waals surface area contributed by atoms with Crippen LogP contribution in [-0.2, 0) is 23.4 Å². The van der Waals surface area contributed by atoms with Gasteiger partial charge < -0.3 is 24.4 Å². The number of ether oxygens (including phenoxy) is 2. The Balaban J connectivity index is 1.61. The lowest BCUT2D eigenvalue weighted by molar-refractivity contribution is -0.202. The molecule has 0 aliphatic carbocycles. The third kappa shape index (κ3) is 6.31. The predicted molar refractivity (Wildman–Crippen MR) is 139 cm³/mol. The van der Waals surface area contributed by atoms with E-state index in [9.17, 15) is 18.9 Å². The van der Waals surface area contributed by atoms with Gasteiger partial charge in [-0.3, -0.25) is 13.9 Å². The fourth-order valence-electron chi connectivity index (χ4n) is 4.11. The van der Waals surface area contributed by atoms with Crippen LogP contribution in [0.4, 0.5) is 19.0 Å². The smallest absolute Gasteiger partial charge is 0.459 e. The second-order valence-corrected chi connectivity index (χ2v) is 11.4. The molecule has 1 aliphatic heterocycles. The lowest BCUT2D eigenvalue weighted by Gasteiger charge is -2.28. The Hall–Kier alpha value is -3.30. The molecule has 13 nitrogen and oxygen atoms in total. The number of halogens is 3. The normalized spacial score (nSPS) is 26.6. The van der Waals surface area contributed by atoms with E-state index in [2.05, 4.69) is 25.4 Å². The summed E-state index contributed by atoms with van der Waals surface area (Å²) >= 11 is 0. The number of carbonyl (C=O) groups excluding carboxylic acids is 1. The molecule has 17 heteroatoms. The number of benzene rings is 1. The number of aliphatic hydroxyl groups excluding tert-OH is 1. The molecule has 224 valence electrons. The van der Waals surface area contributed by atoms with Gasteiger partial charge in [0.15, 0.2) is 35.0 Å². The quantitative estimate of drug-likeness (QED) is 0.167. The molecule has 6 atom stereocenters. The number of imidazole rings is 1. The van der Waals surface area contributed by atoms with E-state index in [0.29, 0.717) is 0 Å². The summed E-state index contributed by atoms with van der Waals surface area (Å²) in [6, 6.07) is 6.41. The Morgan fingerprint density at radius 1 is 1.24 bits per heavy atom. The minimum absolute atomic E-state index is 0.0182. The molecule has 0 radical (unpaired) electrons. The first kappa shape index (κ1) is 30.7. The SMILES string of the molecule is CNc1nc(F)nc2c1ncn2[C@@H]1O[C@](F)(CO[P@@](=O)(N[C@@H](C)C(=O)OC(C)C)Oc2ccccc2)[C@@H](O)[C@@]1(C)F. The van der Waals surface area contributed by atoms with Gasteiger partial charge >= 0.3 is 19.8 Å². The predicted octanol–water partition coefficient (Wildman–Crippen LogP) is 3.42. The van der Waals surface area contributed by atoms with Gasteiger partial charge in [0.05, 0.1) is 12.4 Å². The van der Waals surface area contributed by atoms with Crippen LogP contribution in [0, 0.1) is 6.08 Å². The lowest BCUT2D eigenvalue weighted by Crippen LogP contribution is -2.47. The van der Waals surface area contributed by atoms with Gasteiger partial charge in [0.2, 0.25) is 0 Å². The maximum Gasteiger partial charge on any atom is 0.459 e. The molecule has 2 aromatic heterocycles. The fraction of sp³-hybridized carbons (Fsp3) is 0.500. The monoisotopic (exact) mass is 602 g/mol. The average molecular weight is 603 g/mol. The summed E-state index contributed by atoms with van der Waals surface area (Å²) < 4.78 is 81.8. The average Bonchev–Trinajstić information content (AvgIpc) is 3.39. The molecule has 0 unspecified atom stereocenters. The van der Waals surface area contributed by atoms with Crippen molar-refractivity contribution in [2.75, 3.05) is 19.0 Å². The van der Waals surface area contributed by atoms with Crippen LogP contribution >= 0.6 is 7.75 Å². The Morgan fingerprint density at radius 3 is 2.56 bits per heavy atom. The molecular weight excluding hydrogens is 572 g/mol. The van der Waals surface area contributed by atoms with Gasteiger partial charge in [-0.1, -0.05) is 18.2 Å². The highest BCUT2D eigenvalue weighted by Gasteiger charge is 2.65. The molecule has 3 N–H and O–H groups in total. The van der Waals surface area contributed by atoms with Crippen LogP contribution < -0.4 is 14.9 Å². The Morgan fingerprint density at radius 2 is 1.93 bits per heavy atom. The molecule has 0 spiro atoms. The maximum atomic E-state index is 16.1. The molecule has 1 aromatic carbocycles. The molecule has 4 rings (SSSR count). The van der Waals surface area contributed by atoms with E-state index >= 15 is 8.78 Å². The van der Waals surface area contributed by atoms with Crippen molar-refractivity contribution in [2.24, 2.45) is 0 Å². The van der Waals surface area contributed by atoms with E-state index in [0.717, 1.165) is 17.8 Å². The summed E-state index contributed by atoms with van der Waals surface area (Å²) in [7, 11) is -3.15. The number of nitrogens with zero attached hydrogens (tertiary/aromatic N) is 4. The van der Waals surface area contributed by atoms with Crippen molar-refractivity contribution < 1.29 is 46.2 Å². The first-order valence-electron chi connectivity index (χ1n) is 12.5. The minimum atomic E-state index is -4.60. The van der Waals surface area contributed by atoms with Gasteiger partial charge in [-0.15, -0.1) is 0 Å². The summed E-state index contributed by atoms with van der Waals surface area (Å²) in [5, 5.41) is 15.7. The number of hydrogen-bond acceptors (Lipinski definition) is 11. The zero-order valence-corrected chi connectivity index (χ0v) is 23.6. The molecule has 0 saturated carbocycles. The van der Waals surface area contributed by atoms with Crippen LogP contribution in [0.1, 0.15) is 33.9 Å². The minimum Gasteiger partial charge on any atom is -0.462 e. The van der Waals surface area contributed by atoms with Crippen molar-refractivity contribution in [3.8, 4) is 5.75 Å². The number of anilines is 1. The Labute approximate surface area is 233 Å². The molecule has 1 aliphatic rings. The number of aliphatic hydroxyl groups is 1. The second-order valence-electron chi connectivity index (χ2n) is 9.74. The van der Waals surface area contributed by atoms with Crippen LogP contribution in [0.15, 0.2) is 36.7 Å². The Bertz CT molecular complexity index is 1450. The molecule has 0 bridgehead atoms.